The Labute approximate surface area is 181 Å². The Morgan fingerprint density at radius 1 is 1.13 bits per heavy atom. The van der Waals surface area contributed by atoms with Crippen LogP contribution in [-0.2, 0) is 0 Å². The van der Waals surface area contributed by atoms with Gasteiger partial charge in [-0.05, 0) is 37.0 Å². The second kappa shape index (κ2) is 8.55. The number of hydrogen-bond donors (Lipinski definition) is 2. The van der Waals surface area contributed by atoms with Crippen molar-refractivity contribution in [2.24, 2.45) is 11.0 Å². The summed E-state index contributed by atoms with van der Waals surface area (Å²) in [6.07, 6.45) is 2.58. The average Bonchev–Trinajstić information content (AvgIpc) is 3.01. The number of aryl methyl sites for hydroxylation is 1. The first-order chi connectivity index (χ1) is 14.9. The smallest absolute Gasteiger partial charge is 0.257 e. The second-order valence-corrected chi connectivity index (χ2v) is 8.05. The van der Waals surface area contributed by atoms with Crippen molar-refractivity contribution in [1.29, 1.82) is 0 Å². The minimum absolute atomic E-state index is 0.218. The van der Waals surface area contributed by atoms with Crippen molar-refractivity contribution in [1.82, 2.24) is 20.0 Å². The summed E-state index contributed by atoms with van der Waals surface area (Å²) in [5.74, 6) is 0.439. The molecule has 7 nitrogen and oxygen atoms in total. The number of hydrogen-bond acceptors (Lipinski definition) is 5. The van der Waals surface area contributed by atoms with Gasteiger partial charge in [-0.25, -0.2) is 9.97 Å². The van der Waals surface area contributed by atoms with E-state index in [1.54, 1.807) is 6.21 Å². The van der Waals surface area contributed by atoms with E-state index in [2.05, 4.69) is 24.3 Å². The zero-order valence-corrected chi connectivity index (χ0v) is 18.0. The van der Waals surface area contributed by atoms with Crippen LogP contribution in [0.2, 0.25) is 0 Å². The maximum atomic E-state index is 13.0. The minimum Gasteiger partial charge on any atom is -0.383 e. The molecule has 2 aromatic carbocycles. The number of fused-ring (bicyclic) bond motifs is 2. The Balaban J connectivity index is 1.82. The first-order valence-electron chi connectivity index (χ1n) is 10.4. The molecule has 4 aromatic rings. The maximum absolute atomic E-state index is 13.0. The molecular weight excluding hydrogens is 388 g/mol. The number of amides is 1. The van der Waals surface area contributed by atoms with Crippen molar-refractivity contribution in [3.8, 4) is 0 Å². The molecule has 3 N–H and O–H groups in total. The van der Waals surface area contributed by atoms with E-state index in [1.165, 1.54) is 10.2 Å². The van der Waals surface area contributed by atoms with Crippen LogP contribution in [0.4, 0.5) is 5.82 Å². The number of rotatable bonds is 6. The van der Waals surface area contributed by atoms with Crippen LogP contribution < -0.4 is 11.1 Å². The van der Waals surface area contributed by atoms with Crippen LogP contribution in [0.15, 0.2) is 53.6 Å². The van der Waals surface area contributed by atoms with Crippen molar-refractivity contribution in [3.63, 3.8) is 0 Å². The lowest BCUT2D eigenvalue weighted by atomic mass is 10.1. The molecule has 2 aromatic heterocycles. The highest BCUT2D eigenvalue weighted by Gasteiger charge is 2.23. The van der Waals surface area contributed by atoms with Crippen LogP contribution in [0.3, 0.4) is 0 Å². The summed E-state index contributed by atoms with van der Waals surface area (Å²) >= 11 is 0. The lowest BCUT2D eigenvalue weighted by Crippen LogP contribution is -2.26. The number of carbonyl (C=O) groups excluding carboxylic acids is 1. The van der Waals surface area contributed by atoms with Gasteiger partial charge in [0.15, 0.2) is 5.65 Å². The summed E-state index contributed by atoms with van der Waals surface area (Å²) in [6, 6.07) is 15.5. The number of aromatic nitrogens is 3. The van der Waals surface area contributed by atoms with Crippen LogP contribution in [-0.4, -0.2) is 33.3 Å². The van der Waals surface area contributed by atoms with Gasteiger partial charge in [0, 0.05) is 6.54 Å². The van der Waals surface area contributed by atoms with Gasteiger partial charge in [0.2, 0.25) is 0 Å². The normalized spacial score (nSPS) is 11.7. The predicted octanol–water partition coefficient (Wildman–Crippen LogP) is 4.13. The zero-order valence-electron chi connectivity index (χ0n) is 18.0. The molecule has 4 rings (SSSR count). The van der Waals surface area contributed by atoms with Crippen LogP contribution in [0.1, 0.15) is 41.8 Å². The third-order valence-electron chi connectivity index (χ3n) is 5.11. The molecule has 0 atom stereocenters. The number of nitrogens with one attached hydrogen (secondary N) is 1. The summed E-state index contributed by atoms with van der Waals surface area (Å²) in [5.41, 5.74) is 11.1. The largest absolute Gasteiger partial charge is 0.383 e. The van der Waals surface area contributed by atoms with E-state index >= 15 is 0 Å². The topological polar surface area (TPSA) is 98.2 Å². The molecule has 2 heterocycles. The van der Waals surface area contributed by atoms with Gasteiger partial charge in [0.25, 0.3) is 5.91 Å². The second-order valence-electron chi connectivity index (χ2n) is 8.05. The summed E-state index contributed by atoms with van der Waals surface area (Å²) < 4.78 is 1.49. The fourth-order valence-corrected chi connectivity index (χ4v) is 3.33. The maximum Gasteiger partial charge on any atom is 0.257 e. The third kappa shape index (κ3) is 4.26. The van der Waals surface area contributed by atoms with Gasteiger partial charge in [-0.3, -0.25) is 4.79 Å². The van der Waals surface area contributed by atoms with E-state index in [0.29, 0.717) is 40.2 Å². The van der Waals surface area contributed by atoms with Gasteiger partial charge in [-0.1, -0.05) is 55.8 Å². The fraction of sp³-hybridized carbons (Fsp3) is 0.250. The Bertz CT molecular complexity index is 1270. The fourth-order valence-electron chi connectivity index (χ4n) is 3.33. The molecule has 0 saturated carbocycles. The van der Waals surface area contributed by atoms with Crippen molar-refractivity contribution in [2.75, 3.05) is 12.3 Å². The Hall–Kier alpha value is -3.74. The summed E-state index contributed by atoms with van der Waals surface area (Å²) in [7, 11) is 0. The van der Waals surface area contributed by atoms with Crippen LogP contribution in [0.25, 0.3) is 22.2 Å². The Morgan fingerprint density at radius 3 is 2.48 bits per heavy atom. The highest BCUT2D eigenvalue weighted by molar-refractivity contribution is 6.10. The van der Waals surface area contributed by atoms with Gasteiger partial charge in [-0.2, -0.15) is 9.78 Å². The van der Waals surface area contributed by atoms with Gasteiger partial charge in [-0.15, -0.1) is 0 Å². The quantitative estimate of drug-likeness (QED) is 0.463. The molecule has 0 fully saturated rings. The van der Waals surface area contributed by atoms with Gasteiger partial charge >= 0.3 is 0 Å². The lowest BCUT2D eigenvalue weighted by Gasteiger charge is -2.07. The minimum atomic E-state index is -0.267. The van der Waals surface area contributed by atoms with E-state index < -0.39 is 0 Å². The molecule has 0 unspecified atom stereocenters. The Kier molecular flexibility index (Phi) is 5.66. The number of benzene rings is 2. The molecule has 0 aliphatic rings. The molecule has 0 saturated heterocycles. The Morgan fingerprint density at radius 2 is 1.81 bits per heavy atom. The van der Waals surface area contributed by atoms with Crippen molar-refractivity contribution in [3.05, 3.63) is 65.2 Å². The molecule has 1 amide bonds. The van der Waals surface area contributed by atoms with Crippen molar-refractivity contribution < 1.29 is 4.79 Å². The van der Waals surface area contributed by atoms with Gasteiger partial charge in [0.1, 0.15) is 16.9 Å². The number of nitrogen functional groups attached to an aromatic ring is 1. The monoisotopic (exact) mass is 414 g/mol. The molecule has 158 valence electrons. The number of anilines is 1. The van der Waals surface area contributed by atoms with Crippen molar-refractivity contribution in [2.45, 2.75) is 27.2 Å². The molecule has 7 heteroatoms. The van der Waals surface area contributed by atoms with E-state index in [0.717, 1.165) is 12.0 Å². The molecule has 0 radical (unpaired) electrons. The van der Waals surface area contributed by atoms with Crippen LogP contribution >= 0.6 is 0 Å². The number of para-hydroxylation sites is 2. The third-order valence-corrected chi connectivity index (χ3v) is 5.11. The number of carbonyl (C=O) groups is 1. The van der Waals surface area contributed by atoms with Crippen molar-refractivity contribution >= 4 is 40.1 Å². The molecule has 31 heavy (non-hydrogen) atoms. The standard InChI is InChI=1S/C24H26N6O/c1-15(2)12-13-26-24(31)20-21-23(29-19-7-5-4-6-18(19)28-21)30(22(20)25)27-14-17-10-8-16(3)9-11-17/h4-11,14-15H,12-13,25H2,1-3H3,(H,26,31). The highest BCUT2D eigenvalue weighted by atomic mass is 16.1. The SMILES string of the molecule is Cc1ccc(C=Nn2c(N)c(C(=O)NCCC(C)C)c3nc4ccccc4nc32)cc1. The number of nitrogens with two attached hydrogens (primary N) is 1. The summed E-state index contributed by atoms with van der Waals surface area (Å²) in [5, 5.41) is 7.49. The van der Waals surface area contributed by atoms with E-state index in [4.69, 9.17) is 15.7 Å². The van der Waals surface area contributed by atoms with Crippen LogP contribution in [0.5, 0.6) is 0 Å². The van der Waals surface area contributed by atoms with Gasteiger partial charge < -0.3 is 11.1 Å². The van der Waals surface area contributed by atoms with Crippen LogP contribution in [0, 0.1) is 12.8 Å². The molecule has 0 bridgehead atoms. The number of nitrogens with zero attached hydrogens (tertiary/aromatic N) is 4. The zero-order chi connectivity index (χ0) is 22.0. The summed E-state index contributed by atoms with van der Waals surface area (Å²) in [4.78, 5) is 22.4. The van der Waals surface area contributed by atoms with E-state index in [1.807, 2.05) is 55.5 Å². The van der Waals surface area contributed by atoms with E-state index in [-0.39, 0.29) is 11.7 Å². The molecule has 0 aliphatic carbocycles. The highest BCUT2D eigenvalue weighted by Crippen LogP contribution is 2.27. The predicted molar refractivity (Wildman–Crippen MR) is 125 cm³/mol. The van der Waals surface area contributed by atoms with E-state index in [9.17, 15) is 4.79 Å². The summed E-state index contributed by atoms with van der Waals surface area (Å²) in [6.45, 7) is 6.83. The lowest BCUT2D eigenvalue weighted by molar-refractivity contribution is 0.0954. The molecule has 0 aliphatic heterocycles. The van der Waals surface area contributed by atoms with Gasteiger partial charge in [0.05, 0.1) is 17.2 Å². The average molecular weight is 415 g/mol. The molecular formula is C24H26N6O. The first-order valence-corrected chi connectivity index (χ1v) is 10.4. The molecule has 0 spiro atoms. The first kappa shape index (κ1) is 20.5.